The van der Waals surface area contributed by atoms with Crippen molar-refractivity contribution in [1.82, 2.24) is 9.27 Å². The first kappa shape index (κ1) is 18.9. The number of anilines is 1. The highest BCUT2D eigenvalue weighted by atomic mass is 32.1. The maximum absolute atomic E-state index is 11.4. The van der Waals surface area contributed by atoms with Crippen LogP contribution in [0.4, 0.5) is 5.82 Å². The van der Waals surface area contributed by atoms with E-state index in [1.54, 1.807) is 18.5 Å². The summed E-state index contributed by atoms with van der Waals surface area (Å²) in [5.41, 5.74) is 0.697. The Morgan fingerprint density at radius 2 is 1.93 bits per heavy atom. The molecule has 1 fully saturated rings. The number of benzene rings is 2. The summed E-state index contributed by atoms with van der Waals surface area (Å²) >= 11 is 1.58. The van der Waals surface area contributed by atoms with Crippen LogP contribution in [0.1, 0.15) is 23.7 Å². The molecule has 1 saturated heterocycles. The summed E-state index contributed by atoms with van der Waals surface area (Å²) in [6.45, 7) is 7.38. The van der Waals surface area contributed by atoms with Crippen LogP contribution in [0.5, 0.6) is 5.75 Å². The molecule has 0 unspecified atom stereocenters. The average Bonchev–Trinajstić information content (AvgIpc) is 3.16. The first-order valence-corrected chi connectivity index (χ1v) is 10.5. The first-order valence-electron chi connectivity index (χ1n) is 9.76. The van der Waals surface area contributed by atoms with Crippen LogP contribution in [-0.2, 0) is 0 Å². The molecule has 6 heteroatoms. The highest BCUT2D eigenvalue weighted by Gasteiger charge is 2.20. The maximum atomic E-state index is 11.4. The fourth-order valence-electron chi connectivity index (χ4n) is 3.57. The van der Waals surface area contributed by atoms with Gasteiger partial charge >= 0.3 is 0 Å². The monoisotopic (exact) mass is 395 g/mol. The molecule has 0 amide bonds. The minimum absolute atomic E-state index is 0.0659. The van der Waals surface area contributed by atoms with Crippen molar-refractivity contribution in [3.05, 3.63) is 54.1 Å². The SMILES string of the molecule is CC(=O)c1cccc(OCCCN2CCN(c3nsc4ccccc34)CC2)c1. The minimum atomic E-state index is 0.0659. The fourth-order valence-corrected chi connectivity index (χ4v) is 4.36. The van der Waals surface area contributed by atoms with Crippen LogP contribution in [0.3, 0.4) is 0 Å². The number of piperazine rings is 1. The number of ketones is 1. The molecule has 3 aromatic rings. The fraction of sp³-hybridized carbons (Fsp3) is 0.364. The molecule has 28 heavy (non-hydrogen) atoms. The Morgan fingerprint density at radius 1 is 1.11 bits per heavy atom. The van der Waals surface area contributed by atoms with E-state index in [0.717, 1.165) is 50.7 Å². The van der Waals surface area contributed by atoms with Gasteiger partial charge < -0.3 is 9.64 Å². The Hall–Kier alpha value is -2.44. The summed E-state index contributed by atoms with van der Waals surface area (Å²) < 4.78 is 11.8. The molecule has 0 atom stereocenters. The van der Waals surface area contributed by atoms with Crippen molar-refractivity contribution in [1.29, 1.82) is 0 Å². The third-order valence-electron chi connectivity index (χ3n) is 5.16. The Bertz CT molecular complexity index is 948. The maximum Gasteiger partial charge on any atom is 0.159 e. The Kier molecular flexibility index (Phi) is 5.88. The third-order valence-corrected chi connectivity index (χ3v) is 5.98. The molecule has 2 heterocycles. The van der Waals surface area contributed by atoms with E-state index >= 15 is 0 Å². The number of nitrogens with zero attached hydrogens (tertiary/aromatic N) is 3. The van der Waals surface area contributed by atoms with Gasteiger partial charge in [0.05, 0.1) is 11.3 Å². The van der Waals surface area contributed by atoms with Gasteiger partial charge in [0.25, 0.3) is 0 Å². The number of rotatable bonds is 7. The number of fused-ring (bicyclic) bond motifs is 1. The van der Waals surface area contributed by atoms with Crippen molar-refractivity contribution in [3.63, 3.8) is 0 Å². The molecule has 0 spiro atoms. The van der Waals surface area contributed by atoms with E-state index in [1.807, 2.05) is 24.3 Å². The lowest BCUT2D eigenvalue weighted by molar-refractivity contribution is 0.101. The van der Waals surface area contributed by atoms with Gasteiger partial charge in [0.15, 0.2) is 5.78 Å². The second kappa shape index (κ2) is 8.71. The zero-order valence-electron chi connectivity index (χ0n) is 16.1. The van der Waals surface area contributed by atoms with Gasteiger partial charge in [0.1, 0.15) is 11.6 Å². The lowest BCUT2D eigenvalue weighted by atomic mass is 10.1. The number of hydrogen-bond acceptors (Lipinski definition) is 6. The van der Waals surface area contributed by atoms with Crippen molar-refractivity contribution in [2.24, 2.45) is 0 Å². The molecule has 0 bridgehead atoms. The van der Waals surface area contributed by atoms with Crippen LogP contribution in [0.2, 0.25) is 0 Å². The van der Waals surface area contributed by atoms with Crippen molar-refractivity contribution in [2.45, 2.75) is 13.3 Å². The molecule has 0 aliphatic carbocycles. The Balaban J connectivity index is 1.22. The van der Waals surface area contributed by atoms with Crippen molar-refractivity contribution < 1.29 is 9.53 Å². The second-order valence-electron chi connectivity index (χ2n) is 7.12. The minimum Gasteiger partial charge on any atom is -0.494 e. The molecule has 146 valence electrons. The van der Waals surface area contributed by atoms with Crippen LogP contribution in [0.15, 0.2) is 48.5 Å². The van der Waals surface area contributed by atoms with Crippen LogP contribution in [-0.4, -0.2) is 54.4 Å². The molecular formula is C22H25N3O2S. The molecule has 0 radical (unpaired) electrons. The Morgan fingerprint density at radius 3 is 2.75 bits per heavy atom. The van der Waals surface area contributed by atoms with Gasteiger partial charge in [0.2, 0.25) is 0 Å². The van der Waals surface area contributed by atoms with Gasteiger partial charge in [-0.05, 0) is 49.1 Å². The van der Waals surface area contributed by atoms with E-state index in [-0.39, 0.29) is 5.78 Å². The molecule has 1 aliphatic heterocycles. The Labute approximate surface area is 169 Å². The molecule has 4 rings (SSSR count). The van der Waals surface area contributed by atoms with Gasteiger partial charge in [-0.15, -0.1) is 0 Å². The quantitative estimate of drug-likeness (QED) is 0.445. The molecule has 1 aliphatic rings. The summed E-state index contributed by atoms with van der Waals surface area (Å²) in [6, 6.07) is 15.9. The van der Waals surface area contributed by atoms with Gasteiger partial charge in [-0.1, -0.05) is 24.3 Å². The van der Waals surface area contributed by atoms with Crippen LogP contribution in [0, 0.1) is 0 Å². The molecule has 2 aromatic carbocycles. The van der Waals surface area contributed by atoms with Crippen molar-refractivity contribution in [3.8, 4) is 5.75 Å². The second-order valence-corrected chi connectivity index (χ2v) is 7.92. The van der Waals surface area contributed by atoms with E-state index in [0.29, 0.717) is 12.2 Å². The topological polar surface area (TPSA) is 45.7 Å². The number of hydrogen-bond donors (Lipinski definition) is 0. The predicted molar refractivity (Wildman–Crippen MR) is 115 cm³/mol. The highest BCUT2D eigenvalue weighted by Crippen LogP contribution is 2.29. The average molecular weight is 396 g/mol. The van der Waals surface area contributed by atoms with Crippen LogP contribution in [0.25, 0.3) is 10.1 Å². The lowest BCUT2D eigenvalue weighted by Gasteiger charge is -2.35. The van der Waals surface area contributed by atoms with Crippen molar-refractivity contribution >= 4 is 33.2 Å². The number of aromatic nitrogens is 1. The zero-order chi connectivity index (χ0) is 19.3. The standard InChI is InChI=1S/C22H25N3O2S/c1-17(26)18-6-4-7-19(16-18)27-15-5-10-24-11-13-25(14-12-24)22-20-8-2-3-9-21(20)28-23-22/h2-4,6-9,16H,5,10-15H2,1H3. The normalized spacial score (nSPS) is 15.1. The van der Waals surface area contributed by atoms with E-state index in [1.165, 1.54) is 10.1 Å². The molecule has 0 N–H and O–H groups in total. The van der Waals surface area contributed by atoms with Crippen LogP contribution < -0.4 is 9.64 Å². The third kappa shape index (κ3) is 4.34. The first-order chi connectivity index (χ1) is 13.7. The summed E-state index contributed by atoms with van der Waals surface area (Å²) in [6.07, 6.45) is 0.976. The molecule has 0 saturated carbocycles. The summed E-state index contributed by atoms with van der Waals surface area (Å²) in [4.78, 5) is 16.3. The largest absolute Gasteiger partial charge is 0.494 e. The number of carbonyl (C=O) groups excluding carboxylic acids is 1. The summed E-state index contributed by atoms with van der Waals surface area (Å²) in [5.74, 6) is 1.97. The summed E-state index contributed by atoms with van der Waals surface area (Å²) in [7, 11) is 0. The van der Waals surface area contributed by atoms with E-state index in [9.17, 15) is 4.79 Å². The molecular weight excluding hydrogens is 370 g/mol. The number of Topliss-reactive ketones (excluding diaryl/α,β-unsaturated/α-hetero) is 1. The number of carbonyl (C=O) groups is 1. The van der Waals surface area contributed by atoms with E-state index < -0.39 is 0 Å². The van der Waals surface area contributed by atoms with Gasteiger partial charge in [-0.2, -0.15) is 4.37 Å². The summed E-state index contributed by atoms with van der Waals surface area (Å²) in [5, 5.41) is 1.27. The predicted octanol–water partition coefficient (Wildman–Crippen LogP) is 4.09. The smallest absolute Gasteiger partial charge is 0.159 e. The van der Waals surface area contributed by atoms with Gasteiger partial charge in [0, 0.05) is 43.7 Å². The number of ether oxygens (including phenoxy) is 1. The van der Waals surface area contributed by atoms with Crippen molar-refractivity contribution in [2.75, 3.05) is 44.2 Å². The highest BCUT2D eigenvalue weighted by molar-refractivity contribution is 7.13. The van der Waals surface area contributed by atoms with Gasteiger partial charge in [-0.25, -0.2) is 0 Å². The van der Waals surface area contributed by atoms with Crippen LogP contribution >= 0.6 is 11.5 Å². The van der Waals surface area contributed by atoms with E-state index in [2.05, 4.69) is 38.4 Å². The van der Waals surface area contributed by atoms with E-state index in [4.69, 9.17) is 4.74 Å². The zero-order valence-corrected chi connectivity index (χ0v) is 17.0. The molecule has 5 nitrogen and oxygen atoms in total. The lowest BCUT2D eigenvalue weighted by Crippen LogP contribution is -2.47. The van der Waals surface area contributed by atoms with Gasteiger partial charge in [-0.3, -0.25) is 9.69 Å². The molecule has 1 aromatic heterocycles.